The van der Waals surface area contributed by atoms with Crippen molar-refractivity contribution >= 4 is 5.91 Å². The zero-order valence-electron chi connectivity index (χ0n) is 15.1. The van der Waals surface area contributed by atoms with Crippen LogP contribution in [0.3, 0.4) is 0 Å². The first-order valence-electron chi connectivity index (χ1n) is 9.64. The van der Waals surface area contributed by atoms with Crippen molar-refractivity contribution in [3.8, 4) is 5.75 Å². The molecular formula is C20H22N4O3. The first-order valence-corrected chi connectivity index (χ1v) is 9.64. The summed E-state index contributed by atoms with van der Waals surface area (Å²) in [6, 6.07) is 3.09. The van der Waals surface area contributed by atoms with Crippen LogP contribution in [0.15, 0.2) is 23.1 Å². The molecule has 1 saturated carbocycles. The average molecular weight is 366 g/mol. The Hall–Kier alpha value is -2.70. The quantitative estimate of drug-likeness (QED) is 0.845. The van der Waals surface area contributed by atoms with Crippen LogP contribution < -0.4 is 5.56 Å². The maximum Gasteiger partial charge on any atom is 0.276 e. The van der Waals surface area contributed by atoms with Gasteiger partial charge in [-0.15, -0.1) is 0 Å². The van der Waals surface area contributed by atoms with E-state index in [-0.39, 0.29) is 28.3 Å². The summed E-state index contributed by atoms with van der Waals surface area (Å²) < 4.78 is 0. The number of rotatable bonds is 2. The molecule has 5 rings (SSSR count). The van der Waals surface area contributed by atoms with Gasteiger partial charge in [0.15, 0.2) is 5.69 Å². The first kappa shape index (κ1) is 16.5. The van der Waals surface area contributed by atoms with Crippen molar-refractivity contribution in [1.82, 2.24) is 19.9 Å². The highest BCUT2D eigenvalue weighted by Gasteiger charge is 2.45. The van der Waals surface area contributed by atoms with Gasteiger partial charge in [0.05, 0.1) is 5.69 Å². The van der Waals surface area contributed by atoms with Crippen LogP contribution in [0.2, 0.25) is 0 Å². The fourth-order valence-corrected chi connectivity index (χ4v) is 4.55. The number of carbonyl (C=O) groups excluding carboxylic acids is 1. The number of aromatic nitrogens is 3. The van der Waals surface area contributed by atoms with Crippen LogP contribution in [0.25, 0.3) is 0 Å². The molecule has 0 aromatic carbocycles. The van der Waals surface area contributed by atoms with Crippen molar-refractivity contribution in [3.63, 3.8) is 0 Å². The molecule has 140 valence electrons. The molecule has 2 aromatic rings. The van der Waals surface area contributed by atoms with Crippen molar-refractivity contribution < 1.29 is 9.90 Å². The second-order valence-electron chi connectivity index (χ2n) is 8.00. The number of piperidine rings is 1. The summed E-state index contributed by atoms with van der Waals surface area (Å²) in [5.41, 5.74) is 1.83. The van der Waals surface area contributed by atoms with Gasteiger partial charge in [-0.2, -0.15) is 0 Å². The van der Waals surface area contributed by atoms with E-state index < -0.39 is 0 Å². The number of H-pyrrole nitrogens is 1. The lowest BCUT2D eigenvalue weighted by Crippen LogP contribution is -2.45. The number of hydrogen-bond acceptors (Lipinski definition) is 5. The third kappa shape index (κ3) is 2.64. The highest BCUT2D eigenvalue weighted by Crippen LogP contribution is 2.46. The number of aromatic amines is 1. The zero-order valence-corrected chi connectivity index (χ0v) is 15.1. The SMILES string of the molecule is O=C(c1ncccc1O)N1CCC2(CCc3c2nc(C2CC2)[nH]c3=O)CC1. The van der Waals surface area contributed by atoms with Crippen molar-refractivity contribution in [2.75, 3.05) is 13.1 Å². The Morgan fingerprint density at radius 3 is 2.74 bits per heavy atom. The fourth-order valence-electron chi connectivity index (χ4n) is 4.55. The van der Waals surface area contributed by atoms with E-state index in [4.69, 9.17) is 4.98 Å². The Morgan fingerprint density at radius 2 is 2.04 bits per heavy atom. The smallest absolute Gasteiger partial charge is 0.276 e. The molecule has 2 aliphatic carbocycles. The monoisotopic (exact) mass is 366 g/mol. The first-order chi connectivity index (χ1) is 13.1. The van der Waals surface area contributed by atoms with Crippen LogP contribution in [-0.4, -0.2) is 44.0 Å². The Labute approximate surface area is 156 Å². The normalized spacial score (nSPS) is 20.7. The molecule has 1 aliphatic heterocycles. The lowest BCUT2D eigenvalue weighted by molar-refractivity contribution is 0.0654. The maximum atomic E-state index is 12.7. The van der Waals surface area contributed by atoms with Gasteiger partial charge in [0.1, 0.15) is 11.6 Å². The van der Waals surface area contributed by atoms with Crippen LogP contribution in [0.4, 0.5) is 0 Å². The molecule has 1 saturated heterocycles. The maximum absolute atomic E-state index is 12.7. The van der Waals surface area contributed by atoms with Gasteiger partial charge in [0.25, 0.3) is 11.5 Å². The molecule has 3 aliphatic rings. The number of amides is 1. The molecular weight excluding hydrogens is 344 g/mol. The third-order valence-corrected chi connectivity index (χ3v) is 6.35. The van der Waals surface area contributed by atoms with E-state index in [1.54, 1.807) is 11.0 Å². The lowest BCUT2D eigenvalue weighted by atomic mass is 9.76. The predicted octanol–water partition coefficient (Wildman–Crippen LogP) is 1.87. The van der Waals surface area contributed by atoms with E-state index in [0.29, 0.717) is 19.0 Å². The third-order valence-electron chi connectivity index (χ3n) is 6.35. The van der Waals surface area contributed by atoms with Gasteiger partial charge in [-0.3, -0.25) is 9.59 Å². The molecule has 1 amide bonds. The summed E-state index contributed by atoms with van der Waals surface area (Å²) in [7, 11) is 0. The number of aromatic hydroxyl groups is 1. The largest absolute Gasteiger partial charge is 0.505 e. The Balaban J connectivity index is 1.39. The average Bonchev–Trinajstić information content (AvgIpc) is 3.47. The van der Waals surface area contributed by atoms with E-state index in [9.17, 15) is 14.7 Å². The summed E-state index contributed by atoms with van der Waals surface area (Å²) in [5, 5.41) is 9.91. The summed E-state index contributed by atoms with van der Waals surface area (Å²) in [6.45, 7) is 1.17. The lowest BCUT2D eigenvalue weighted by Gasteiger charge is -2.39. The Morgan fingerprint density at radius 1 is 1.26 bits per heavy atom. The van der Waals surface area contributed by atoms with E-state index in [1.165, 1.54) is 12.3 Å². The molecule has 0 radical (unpaired) electrons. The molecule has 0 bridgehead atoms. The standard InChI is InChI=1S/C20H22N4O3/c25-14-2-1-9-21-15(14)19(27)24-10-7-20(8-11-24)6-5-13-16(20)22-17(12-3-4-12)23-18(13)26/h1-2,9,12,25H,3-8,10-11H2,(H,22,23,26). The van der Waals surface area contributed by atoms with E-state index in [2.05, 4.69) is 9.97 Å². The summed E-state index contributed by atoms with van der Waals surface area (Å²) in [6.07, 6.45) is 6.98. The molecule has 0 unspecified atom stereocenters. The minimum absolute atomic E-state index is 0.0238. The van der Waals surface area contributed by atoms with Gasteiger partial charge < -0.3 is 15.0 Å². The minimum Gasteiger partial charge on any atom is -0.505 e. The van der Waals surface area contributed by atoms with Crippen LogP contribution in [0, 0.1) is 0 Å². The Kier molecular flexibility index (Phi) is 3.60. The Bertz CT molecular complexity index is 971. The minimum atomic E-state index is -0.237. The molecule has 3 heterocycles. The number of pyridine rings is 1. The number of hydrogen-bond donors (Lipinski definition) is 2. The molecule has 7 nitrogen and oxygen atoms in total. The van der Waals surface area contributed by atoms with Crippen molar-refractivity contribution in [2.45, 2.75) is 49.9 Å². The van der Waals surface area contributed by atoms with Gasteiger partial charge in [-0.1, -0.05) is 0 Å². The number of likely N-dealkylation sites (tertiary alicyclic amines) is 1. The van der Waals surface area contributed by atoms with Gasteiger partial charge >= 0.3 is 0 Å². The number of nitrogens with zero attached hydrogens (tertiary/aromatic N) is 3. The summed E-state index contributed by atoms with van der Waals surface area (Å²) >= 11 is 0. The topological polar surface area (TPSA) is 99.2 Å². The summed E-state index contributed by atoms with van der Waals surface area (Å²) in [4.78, 5) is 38.8. The van der Waals surface area contributed by atoms with Gasteiger partial charge in [-0.05, 0) is 50.7 Å². The number of carbonyl (C=O) groups is 1. The zero-order chi connectivity index (χ0) is 18.6. The van der Waals surface area contributed by atoms with Gasteiger partial charge in [0.2, 0.25) is 0 Å². The van der Waals surface area contributed by atoms with Crippen molar-refractivity contribution in [2.24, 2.45) is 0 Å². The molecule has 2 fully saturated rings. The van der Waals surface area contributed by atoms with E-state index >= 15 is 0 Å². The van der Waals surface area contributed by atoms with Crippen LogP contribution in [0.5, 0.6) is 5.75 Å². The number of fused-ring (bicyclic) bond motifs is 2. The fraction of sp³-hybridized carbons (Fsp3) is 0.500. The molecule has 2 N–H and O–H groups in total. The molecule has 2 aromatic heterocycles. The highest BCUT2D eigenvalue weighted by atomic mass is 16.3. The van der Waals surface area contributed by atoms with Crippen molar-refractivity contribution in [3.05, 3.63) is 51.5 Å². The van der Waals surface area contributed by atoms with Crippen molar-refractivity contribution in [1.29, 1.82) is 0 Å². The molecule has 27 heavy (non-hydrogen) atoms. The van der Waals surface area contributed by atoms with Gasteiger partial charge in [-0.25, -0.2) is 9.97 Å². The second kappa shape index (κ2) is 5.90. The van der Waals surface area contributed by atoms with E-state index in [0.717, 1.165) is 55.6 Å². The highest BCUT2D eigenvalue weighted by molar-refractivity contribution is 5.94. The molecule has 0 atom stereocenters. The molecule has 1 spiro atoms. The van der Waals surface area contributed by atoms with Crippen LogP contribution in [0.1, 0.15) is 65.6 Å². The van der Waals surface area contributed by atoms with Gasteiger partial charge in [0, 0.05) is 36.2 Å². The van der Waals surface area contributed by atoms with Crippen LogP contribution in [-0.2, 0) is 11.8 Å². The molecule has 7 heteroatoms. The van der Waals surface area contributed by atoms with Crippen LogP contribution >= 0.6 is 0 Å². The predicted molar refractivity (Wildman–Crippen MR) is 97.9 cm³/mol. The number of nitrogens with one attached hydrogen (secondary N) is 1. The van der Waals surface area contributed by atoms with E-state index in [1.807, 2.05) is 0 Å². The second-order valence-corrected chi connectivity index (χ2v) is 8.00. The summed E-state index contributed by atoms with van der Waals surface area (Å²) in [5.74, 6) is 0.932.